The van der Waals surface area contributed by atoms with Gasteiger partial charge in [-0.3, -0.25) is 10.4 Å². The number of hydrazine groups is 1. The van der Waals surface area contributed by atoms with Gasteiger partial charge in [-0.1, -0.05) is 48.5 Å². The van der Waals surface area contributed by atoms with E-state index in [1.165, 1.54) is 5.56 Å². The summed E-state index contributed by atoms with van der Waals surface area (Å²) in [4.78, 5) is 0. The molecule has 1 heterocycles. The lowest BCUT2D eigenvalue weighted by molar-refractivity contribution is 0.643. The molecule has 0 aromatic heterocycles. The molecule has 0 aliphatic carbocycles. The third-order valence-electron chi connectivity index (χ3n) is 2.90. The average Bonchev–Trinajstić information content (AvgIpc) is 2.83. The van der Waals surface area contributed by atoms with Crippen molar-refractivity contribution in [3.8, 4) is 0 Å². The molecule has 2 aromatic carbocycles. The summed E-state index contributed by atoms with van der Waals surface area (Å²) in [5.41, 5.74) is 5.43. The molecular formula is C14H13N3S. The number of rotatable bonds is 2. The number of nitrogens with one attached hydrogen (secondary N) is 2. The number of anilines is 1. The maximum atomic E-state index is 5.21. The van der Waals surface area contributed by atoms with Gasteiger partial charge in [0, 0.05) is 0 Å². The molecule has 1 unspecified atom stereocenters. The summed E-state index contributed by atoms with van der Waals surface area (Å²) in [5, 5.41) is 5.95. The minimum Gasteiger partial charge on any atom is -0.336 e. The second kappa shape index (κ2) is 4.66. The van der Waals surface area contributed by atoms with Crippen LogP contribution in [0.2, 0.25) is 0 Å². The lowest BCUT2D eigenvalue weighted by Crippen LogP contribution is -2.34. The highest BCUT2D eigenvalue weighted by Crippen LogP contribution is 2.25. The predicted octanol–water partition coefficient (Wildman–Crippen LogP) is 2.58. The van der Waals surface area contributed by atoms with E-state index in [9.17, 15) is 0 Å². The lowest BCUT2D eigenvalue weighted by atomic mass is 10.1. The van der Waals surface area contributed by atoms with Crippen molar-refractivity contribution in [2.75, 3.05) is 5.01 Å². The van der Waals surface area contributed by atoms with E-state index in [0.717, 1.165) is 5.69 Å². The first-order chi connectivity index (χ1) is 8.84. The Balaban J connectivity index is 1.96. The quantitative estimate of drug-likeness (QED) is 0.807. The van der Waals surface area contributed by atoms with Crippen molar-refractivity contribution in [3.63, 3.8) is 0 Å². The van der Waals surface area contributed by atoms with Gasteiger partial charge in [-0.25, -0.2) is 0 Å². The van der Waals surface area contributed by atoms with Crippen molar-refractivity contribution < 1.29 is 0 Å². The van der Waals surface area contributed by atoms with E-state index in [-0.39, 0.29) is 6.17 Å². The maximum absolute atomic E-state index is 5.21. The molecule has 2 aromatic rings. The Bertz CT molecular complexity index is 492. The van der Waals surface area contributed by atoms with Gasteiger partial charge in [0.1, 0.15) is 6.17 Å². The lowest BCUT2D eigenvalue weighted by Gasteiger charge is -2.25. The molecule has 90 valence electrons. The first kappa shape index (κ1) is 11.0. The van der Waals surface area contributed by atoms with E-state index >= 15 is 0 Å². The van der Waals surface area contributed by atoms with Crippen LogP contribution >= 0.6 is 12.2 Å². The van der Waals surface area contributed by atoms with Gasteiger partial charge in [-0.15, -0.1) is 0 Å². The SMILES string of the molecule is S=C1NC(c2ccccc2)N(c2ccccc2)N1. The number of para-hydroxylation sites is 1. The summed E-state index contributed by atoms with van der Waals surface area (Å²) in [6.45, 7) is 0. The standard InChI is InChI=1S/C14H13N3S/c18-14-15-13(11-7-3-1-4-8-11)17(16-14)12-9-5-2-6-10-12/h1-10,13H,(H2,15,16,18). The van der Waals surface area contributed by atoms with Crippen molar-refractivity contribution in [2.45, 2.75) is 6.17 Å². The highest BCUT2D eigenvalue weighted by Gasteiger charge is 2.28. The van der Waals surface area contributed by atoms with Crippen LogP contribution in [0.15, 0.2) is 60.7 Å². The summed E-state index contributed by atoms with van der Waals surface area (Å²) in [7, 11) is 0. The molecule has 1 aliphatic heterocycles. The van der Waals surface area contributed by atoms with E-state index in [4.69, 9.17) is 12.2 Å². The minimum absolute atomic E-state index is 0.0288. The van der Waals surface area contributed by atoms with E-state index in [0.29, 0.717) is 5.11 Å². The number of nitrogens with zero attached hydrogens (tertiary/aromatic N) is 1. The summed E-state index contributed by atoms with van der Waals surface area (Å²) < 4.78 is 0. The van der Waals surface area contributed by atoms with E-state index in [1.54, 1.807) is 0 Å². The van der Waals surface area contributed by atoms with Crippen molar-refractivity contribution in [1.82, 2.24) is 10.7 Å². The molecule has 4 heteroatoms. The molecule has 1 fully saturated rings. The van der Waals surface area contributed by atoms with Gasteiger partial charge >= 0.3 is 0 Å². The molecule has 3 rings (SSSR count). The predicted molar refractivity (Wildman–Crippen MR) is 77.0 cm³/mol. The summed E-state index contributed by atoms with van der Waals surface area (Å²) in [6.07, 6.45) is 0.0288. The topological polar surface area (TPSA) is 27.3 Å². The first-order valence-electron chi connectivity index (χ1n) is 5.81. The van der Waals surface area contributed by atoms with Crippen molar-refractivity contribution in [1.29, 1.82) is 0 Å². The Labute approximate surface area is 111 Å². The van der Waals surface area contributed by atoms with Crippen LogP contribution in [0.4, 0.5) is 5.69 Å². The third kappa shape index (κ3) is 2.02. The number of hydrogen-bond donors (Lipinski definition) is 2. The molecule has 3 nitrogen and oxygen atoms in total. The maximum Gasteiger partial charge on any atom is 0.187 e. The van der Waals surface area contributed by atoms with Gasteiger partial charge < -0.3 is 5.32 Å². The van der Waals surface area contributed by atoms with E-state index < -0.39 is 0 Å². The van der Waals surface area contributed by atoms with Crippen LogP contribution in [-0.4, -0.2) is 5.11 Å². The molecule has 0 radical (unpaired) electrons. The van der Waals surface area contributed by atoms with Gasteiger partial charge in [-0.05, 0) is 29.9 Å². The molecule has 1 atom stereocenters. The largest absolute Gasteiger partial charge is 0.336 e. The van der Waals surface area contributed by atoms with Crippen LogP contribution in [0, 0.1) is 0 Å². The Kier molecular flexibility index (Phi) is 2.86. The highest BCUT2D eigenvalue weighted by atomic mass is 32.1. The van der Waals surface area contributed by atoms with Crippen LogP contribution in [-0.2, 0) is 0 Å². The second-order valence-electron chi connectivity index (χ2n) is 4.10. The molecule has 0 bridgehead atoms. The molecule has 1 saturated heterocycles. The van der Waals surface area contributed by atoms with Gasteiger partial charge in [-0.2, -0.15) is 0 Å². The van der Waals surface area contributed by atoms with Crippen LogP contribution < -0.4 is 15.8 Å². The van der Waals surface area contributed by atoms with Gasteiger partial charge in [0.25, 0.3) is 0 Å². The van der Waals surface area contributed by atoms with Crippen molar-refractivity contribution in [2.24, 2.45) is 0 Å². The normalized spacial score (nSPS) is 18.3. The fourth-order valence-electron chi connectivity index (χ4n) is 2.06. The second-order valence-corrected chi connectivity index (χ2v) is 4.51. The van der Waals surface area contributed by atoms with Gasteiger partial charge in [0.2, 0.25) is 0 Å². The Morgan fingerprint density at radius 2 is 1.50 bits per heavy atom. The monoisotopic (exact) mass is 255 g/mol. The van der Waals surface area contributed by atoms with E-state index in [1.807, 2.05) is 41.4 Å². The summed E-state index contributed by atoms with van der Waals surface area (Å²) in [6, 6.07) is 20.4. The smallest absolute Gasteiger partial charge is 0.187 e. The van der Waals surface area contributed by atoms with Crippen molar-refractivity contribution >= 4 is 23.0 Å². The number of hydrogen-bond acceptors (Lipinski definition) is 2. The van der Waals surface area contributed by atoms with Crippen LogP contribution in [0.25, 0.3) is 0 Å². The number of benzene rings is 2. The summed E-state index contributed by atoms with van der Waals surface area (Å²) >= 11 is 5.21. The molecule has 1 aliphatic rings. The first-order valence-corrected chi connectivity index (χ1v) is 6.22. The zero-order valence-electron chi connectivity index (χ0n) is 9.71. The zero-order chi connectivity index (χ0) is 12.4. The van der Waals surface area contributed by atoms with Crippen LogP contribution in [0.3, 0.4) is 0 Å². The third-order valence-corrected chi connectivity index (χ3v) is 3.11. The summed E-state index contributed by atoms with van der Waals surface area (Å²) in [5.74, 6) is 0. The Morgan fingerprint density at radius 3 is 2.17 bits per heavy atom. The molecule has 0 spiro atoms. The number of thiocarbonyl (C=S) groups is 1. The molecule has 0 saturated carbocycles. The van der Waals surface area contributed by atoms with E-state index in [2.05, 4.69) is 35.0 Å². The molecule has 0 amide bonds. The Hall–Kier alpha value is -2.07. The fourth-order valence-corrected chi connectivity index (χ4v) is 2.27. The molecule has 18 heavy (non-hydrogen) atoms. The highest BCUT2D eigenvalue weighted by molar-refractivity contribution is 7.80. The zero-order valence-corrected chi connectivity index (χ0v) is 10.5. The minimum atomic E-state index is 0.0288. The Morgan fingerprint density at radius 1 is 0.889 bits per heavy atom. The fraction of sp³-hybridized carbons (Fsp3) is 0.0714. The van der Waals surface area contributed by atoms with Crippen LogP contribution in [0.1, 0.15) is 11.7 Å². The van der Waals surface area contributed by atoms with Gasteiger partial charge in [0.05, 0.1) is 5.69 Å². The van der Waals surface area contributed by atoms with Crippen molar-refractivity contribution in [3.05, 3.63) is 66.2 Å². The molecule has 2 N–H and O–H groups in total. The van der Waals surface area contributed by atoms with Gasteiger partial charge in [0.15, 0.2) is 5.11 Å². The average molecular weight is 255 g/mol. The molecular weight excluding hydrogens is 242 g/mol. The van der Waals surface area contributed by atoms with Crippen LogP contribution in [0.5, 0.6) is 0 Å².